The lowest BCUT2D eigenvalue weighted by molar-refractivity contribution is -0.134. The smallest absolute Gasteiger partial charge is 0.351 e. The molecule has 0 atom stereocenters. The molecule has 1 N–H and O–H groups in total. The lowest BCUT2D eigenvalue weighted by atomic mass is 10.3. The number of carbonyl (C=O) groups is 1. The zero-order chi connectivity index (χ0) is 15.8. The number of ether oxygens (including phenoxy) is 2. The maximum Gasteiger partial charge on any atom is 0.351 e. The van der Waals surface area contributed by atoms with E-state index in [0.717, 1.165) is 11.9 Å². The van der Waals surface area contributed by atoms with Crippen LogP contribution in [-0.2, 0) is 9.53 Å². The van der Waals surface area contributed by atoms with Gasteiger partial charge in [-0.15, -0.1) is 0 Å². The molecule has 6 heteroatoms. The number of benzene rings is 2. The molecule has 2 aromatic rings. The van der Waals surface area contributed by atoms with Crippen LogP contribution >= 0.6 is 11.6 Å². The summed E-state index contributed by atoms with van der Waals surface area (Å²) < 4.78 is 10.4. The molecule has 0 bridgehead atoms. The molecule has 2 rings (SSSR count). The first-order valence-corrected chi connectivity index (χ1v) is 7.04. The van der Waals surface area contributed by atoms with Gasteiger partial charge in [-0.3, -0.25) is 5.43 Å². The van der Waals surface area contributed by atoms with Gasteiger partial charge in [0.2, 0.25) is 0 Å². The second kappa shape index (κ2) is 8.05. The number of nitrogens with zero attached hydrogens (tertiary/aromatic N) is 1. The third kappa shape index (κ3) is 5.10. The number of anilines is 1. The maximum atomic E-state index is 11.1. The van der Waals surface area contributed by atoms with E-state index in [-0.39, 0.29) is 0 Å². The van der Waals surface area contributed by atoms with Crippen LogP contribution in [0.4, 0.5) is 5.69 Å². The molecular weight excluding hydrogens is 304 g/mol. The predicted octanol–water partition coefficient (Wildman–Crippen LogP) is 4.09. The van der Waals surface area contributed by atoms with E-state index in [1.54, 1.807) is 43.3 Å². The Kier molecular flexibility index (Phi) is 5.80. The molecule has 0 fully saturated rings. The minimum absolute atomic E-state index is 0.320. The Balaban J connectivity index is 1.91. The van der Waals surface area contributed by atoms with Crippen molar-refractivity contribution in [3.05, 3.63) is 53.6 Å². The van der Waals surface area contributed by atoms with Gasteiger partial charge >= 0.3 is 5.97 Å². The van der Waals surface area contributed by atoms with Gasteiger partial charge in [-0.25, -0.2) is 4.79 Å². The van der Waals surface area contributed by atoms with Crippen molar-refractivity contribution in [2.24, 2.45) is 5.10 Å². The Morgan fingerprint density at radius 1 is 1.23 bits per heavy atom. The summed E-state index contributed by atoms with van der Waals surface area (Å²) in [4.78, 5) is 11.1. The highest BCUT2D eigenvalue weighted by Crippen LogP contribution is 2.25. The van der Waals surface area contributed by atoms with Gasteiger partial charge in [-0.2, -0.15) is 5.10 Å². The van der Waals surface area contributed by atoms with Crippen LogP contribution in [0.2, 0.25) is 5.02 Å². The number of hydrogen-bond donors (Lipinski definition) is 1. The fourth-order valence-electron chi connectivity index (χ4n) is 1.60. The van der Waals surface area contributed by atoms with E-state index in [1.807, 2.05) is 12.1 Å². The first kappa shape index (κ1) is 15.9. The summed E-state index contributed by atoms with van der Waals surface area (Å²) in [5.41, 5.74) is 3.45. The summed E-state index contributed by atoms with van der Waals surface area (Å²) in [6.45, 7) is 2.05. The average molecular weight is 319 g/mol. The molecule has 0 saturated heterocycles. The summed E-state index contributed by atoms with van der Waals surface area (Å²) >= 11 is 5.90. The number of nitrogens with one attached hydrogen (secondary N) is 1. The molecule has 0 unspecified atom stereocenters. The van der Waals surface area contributed by atoms with Gasteiger partial charge in [0.05, 0.1) is 12.3 Å². The van der Waals surface area contributed by atoms with Crippen molar-refractivity contribution in [2.75, 3.05) is 12.0 Å². The standard InChI is InChI=1S/C16H15ClN2O3/c1-2-21-16(20)11-18-19-13-6-8-14(9-7-13)22-15-5-3-4-12(17)10-15/h3-11,19H,2H2,1H3. The van der Waals surface area contributed by atoms with E-state index in [9.17, 15) is 4.79 Å². The third-order valence-corrected chi connectivity index (χ3v) is 2.77. The third-order valence-electron chi connectivity index (χ3n) is 2.54. The van der Waals surface area contributed by atoms with Gasteiger partial charge in [0.1, 0.15) is 17.7 Å². The molecule has 0 amide bonds. The summed E-state index contributed by atoms with van der Waals surface area (Å²) in [5.74, 6) is 0.839. The summed E-state index contributed by atoms with van der Waals surface area (Å²) in [6.07, 6.45) is 1.08. The number of carbonyl (C=O) groups excluding carboxylic acids is 1. The molecule has 0 radical (unpaired) electrons. The van der Waals surface area contributed by atoms with E-state index in [2.05, 4.69) is 10.5 Å². The minimum atomic E-state index is -0.490. The van der Waals surface area contributed by atoms with Crippen LogP contribution < -0.4 is 10.2 Å². The van der Waals surface area contributed by atoms with Gasteiger partial charge in [0.25, 0.3) is 0 Å². The number of rotatable bonds is 6. The van der Waals surface area contributed by atoms with Crippen molar-refractivity contribution in [1.29, 1.82) is 0 Å². The molecular formula is C16H15ClN2O3. The highest BCUT2D eigenvalue weighted by atomic mass is 35.5. The lowest BCUT2D eigenvalue weighted by Gasteiger charge is -2.06. The lowest BCUT2D eigenvalue weighted by Crippen LogP contribution is -2.06. The van der Waals surface area contributed by atoms with Crippen LogP contribution in [0.1, 0.15) is 6.92 Å². The number of hydrogen-bond acceptors (Lipinski definition) is 5. The number of halogens is 1. The monoisotopic (exact) mass is 318 g/mol. The van der Waals surface area contributed by atoms with Crippen LogP contribution in [0, 0.1) is 0 Å². The second-order valence-electron chi connectivity index (χ2n) is 4.21. The van der Waals surface area contributed by atoms with Gasteiger partial charge in [0, 0.05) is 5.02 Å². The van der Waals surface area contributed by atoms with Gasteiger partial charge in [0.15, 0.2) is 0 Å². The van der Waals surface area contributed by atoms with Crippen LogP contribution in [0.15, 0.2) is 53.6 Å². The van der Waals surface area contributed by atoms with E-state index in [1.165, 1.54) is 0 Å². The summed E-state index contributed by atoms with van der Waals surface area (Å²) in [6, 6.07) is 14.3. The minimum Gasteiger partial charge on any atom is -0.462 e. The first-order valence-electron chi connectivity index (χ1n) is 6.66. The zero-order valence-electron chi connectivity index (χ0n) is 12.0. The quantitative estimate of drug-likeness (QED) is 0.495. The zero-order valence-corrected chi connectivity index (χ0v) is 12.7. The first-order chi connectivity index (χ1) is 10.7. The molecule has 0 saturated carbocycles. The molecule has 5 nitrogen and oxygen atoms in total. The largest absolute Gasteiger partial charge is 0.462 e. The Labute approximate surface area is 133 Å². The Morgan fingerprint density at radius 2 is 2.00 bits per heavy atom. The fraction of sp³-hybridized carbons (Fsp3) is 0.125. The van der Waals surface area contributed by atoms with Crippen LogP contribution in [0.3, 0.4) is 0 Å². The van der Waals surface area contributed by atoms with E-state index in [4.69, 9.17) is 21.1 Å². The van der Waals surface area contributed by atoms with Gasteiger partial charge < -0.3 is 9.47 Å². The molecule has 0 aliphatic carbocycles. The summed E-state index contributed by atoms with van der Waals surface area (Å²) in [7, 11) is 0. The van der Waals surface area contributed by atoms with Crippen molar-refractivity contribution in [3.8, 4) is 11.5 Å². The van der Waals surface area contributed by atoms with Crippen LogP contribution in [0.25, 0.3) is 0 Å². The highest BCUT2D eigenvalue weighted by Gasteiger charge is 1.99. The molecule has 0 aromatic heterocycles. The van der Waals surface area contributed by atoms with E-state index < -0.39 is 5.97 Å². The molecule has 0 heterocycles. The molecule has 2 aromatic carbocycles. The Hall–Kier alpha value is -2.53. The Morgan fingerprint density at radius 3 is 2.68 bits per heavy atom. The topological polar surface area (TPSA) is 59.9 Å². The number of hydrazone groups is 1. The van der Waals surface area contributed by atoms with E-state index in [0.29, 0.717) is 23.1 Å². The SMILES string of the molecule is CCOC(=O)C=NNc1ccc(Oc2cccc(Cl)c2)cc1. The van der Waals surface area contributed by atoms with Crippen molar-refractivity contribution in [3.63, 3.8) is 0 Å². The predicted molar refractivity (Wildman–Crippen MR) is 86.7 cm³/mol. The molecule has 0 aliphatic rings. The molecule has 0 spiro atoms. The number of esters is 1. The molecule has 0 aliphatic heterocycles. The Bertz CT molecular complexity index is 657. The average Bonchev–Trinajstić information content (AvgIpc) is 2.49. The van der Waals surface area contributed by atoms with Gasteiger partial charge in [-0.05, 0) is 49.4 Å². The van der Waals surface area contributed by atoms with Crippen LogP contribution in [-0.4, -0.2) is 18.8 Å². The van der Waals surface area contributed by atoms with Crippen molar-refractivity contribution in [2.45, 2.75) is 6.92 Å². The van der Waals surface area contributed by atoms with Crippen molar-refractivity contribution < 1.29 is 14.3 Å². The van der Waals surface area contributed by atoms with Crippen LogP contribution in [0.5, 0.6) is 11.5 Å². The second-order valence-corrected chi connectivity index (χ2v) is 4.64. The normalized spacial score (nSPS) is 10.5. The molecule has 114 valence electrons. The maximum absolute atomic E-state index is 11.1. The van der Waals surface area contributed by atoms with Crippen molar-refractivity contribution in [1.82, 2.24) is 0 Å². The molecule has 22 heavy (non-hydrogen) atoms. The summed E-state index contributed by atoms with van der Waals surface area (Å²) in [5, 5.41) is 4.39. The van der Waals surface area contributed by atoms with E-state index >= 15 is 0 Å². The van der Waals surface area contributed by atoms with Crippen molar-refractivity contribution >= 4 is 29.5 Å². The fourth-order valence-corrected chi connectivity index (χ4v) is 1.78. The highest BCUT2D eigenvalue weighted by molar-refractivity contribution is 6.30. The van der Waals surface area contributed by atoms with Gasteiger partial charge in [-0.1, -0.05) is 17.7 Å².